The molecule has 0 spiro atoms. The number of aromatic nitrogens is 2. The van der Waals surface area contributed by atoms with Crippen LogP contribution in [0.3, 0.4) is 0 Å². The highest BCUT2D eigenvalue weighted by Gasteiger charge is 2.39. The zero-order valence-electron chi connectivity index (χ0n) is 17.7. The maximum atomic E-state index is 13.5. The minimum absolute atomic E-state index is 0.0659. The highest BCUT2D eigenvalue weighted by molar-refractivity contribution is 7.14. The molecule has 8 heteroatoms. The second-order valence-electron chi connectivity index (χ2n) is 8.73. The lowest BCUT2D eigenvalue weighted by Crippen LogP contribution is -2.23. The van der Waals surface area contributed by atoms with E-state index in [9.17, 15) is 13.6 Å². The molecule has 3 heterocycles. The van der Waals surface area contributed by atoms with Crippen molar-refractivity contribution in [2.45, 2.75) is 50.6 Å². The average molecular weight is 457 g/mol. The molecule has 2 aliphatic rings. The molecule has 1 aromatic carbocycles. The van der Waals surface area contributed by atoms with Gasteiger partial charge in [-0.1, -0.05) is 18.2 Å². The largest absolute Gasteiger partial charge is 0.363 e. The van der Waals surface area contributed by atoms with Crippen molar-refractivity contribution in [3.05, 3.63) is 65.4 Å². The second kappa shape index (κ2) is 8.65. The molecule has 5 rings (SSSR count). The Balaban J connectivity index is 1.26. The minimum Gasteiger partial charge on any atom is -0.363 e. The molecule has 3 aromatic rings. The lowest BCUT2D eigenvalue weighted by Gasteiger charge is -2.25. The maximum Gasteiger partial charge on any atom is 0.274 e. The summed E-state index contributed by atoms with van der Waals surface area (Å²) in [5.41, 5.74) is 2.63. The molecule has 2 unspecified atom stereocenters. The number of amides is 1. The Morgan fingerprint density at radius 3 is 2.81 bits per heavy atom. The third kappa shape index (κ3) is 4.41. The highest BCUT2D eigenvalue weighted by atomic mass is 32.1. The number of carbonyl (C=O) groups is 1. The predicted molar refractivity (Wildman–Crippen MR) is 123 cm³/mol. The van der Waals surface area contributed by atoms with E-state index in [2.05, 4.69) is 22.3 Å². The molecule has 1 saturated carbocycles. The highest BCUT2D eigenvalue weighted by Crippen LogP contribution is 2.40. The molecule has 1 amide bonds. The van der Waals surface area contributed by atoms with Crippen LogP contribution < -0.4 is 10.2 Å². The Kier molecular flexibility index (Phi) is 5.71. The zero-order chi connectivity index (χ0) is 22.1. The molecule has 1 aliphatic carbocycles. The molecule has 2 atom stereocenters. The SMILES string of the molecule is O=C(Nc1nc(C2CCCN2c2ccccc2)cs1)c1cccn1CC1CCC(F)(F)C1. The van der Waals surface area contributed by atoms with Crippen molar-refractivity contribution >= 4 is 28.1 Å². The van der Waals surface area contributed by atoms with Crippen LogP contribution in [0, 0.1) is 5.92 Å². The van der Waals surface area contributed by atoms with Gasteiger partial charge in [0.05, 0.1) is 11.7 Å². The van der Waals surface area contributed by atoms with Crippen LogP contribution in [-0.4, -0.2) is 27.9 Å². The molecule has 2 fully saturated rings. The molecule has 1 N–H and O–H groups in total. The Morgan fingerprint density at radius 2 is 2.03 bits per heavy atom. The Morgan fingerprint density at radius 1 is 1.19 bits per heavy atom. The first-order valence-electron chi connectivity index (χ1n) is 11.1. The van der Waals surface area contributed by atoms with Crippen LogP contribution >= 0.6 is 11.3 Å². The van der Waals surface area contributed by atoms with E-state index in [0.29, 0.717) is 23.8 Å². The van der Waals surface area contributed by atoms with E-state index in [1.807, 2.05) is 23.6 Å². The van der Waals surface area contributed by atoms with Gasteiger partial charge in [-0.2, -0.15) is 0 Å². The summed E-state index contributed by atoms with van der Waals surface area (Å²) in [5, 5.41) is 5.48. The molecule has 1 aliphatic heterocycles. The van der Waals surface area contributed by atoms with Gasteiger partial charge in [0.25, 0.3) is 5.91 Å². The molecule has 1 saturated heterocycles. The fourth-order valence-corrected chi connectivity index (χ4v) is 5.67. The predicted octanol–water partition coefficient (Wildman–Crippen LogP) is 5.97. The van der Waals surface area contributed by atoms with E-state index >= 15 is 0 Å². The van der Waals surface area contributed by atoms with Crippen molar-refractivity contribution in [2.75, 3.05) is 16.8 Å². The van der Waals surface area contributed by atoms with Gasteiger partial charge in [0.1, 0.15) is 5.69 Å². The number of halogens is 2. The van der Waals surface area contributed by atoms with Gasteiger partial charge < -0.3 is 9.47 Å². The average Bonchev–Trinajstić information content (AvgIpc) is 3.56. The number of alkyl halides is 2. The summed E-state index contributed by atoms with van der Waals surface area (Å²) in [5.74, 6) is -2.94. The van der Waals surface area contributed by atoms with E-state index in [1.54, 1.807) is 22.9 Å². The van der Waals surface area contributed by atoms with Crippen LogP contribution in [0.2, 0.25) is 0 Å². The summed E-state index contributed by atoms with van der Waals surface area (Å²) >= 11 is 1.42. The van der Waals surface area contributed by atoms with E-state index in [-0.39, 0.29) is 30.7 Å². The molecule has 0 bridgehead atoms. The Bertz CT molecular complexity index is 1080. The van der Waals surface area contributed by atoms with Crippen LogP contribution in [0.1, 0.15) is 54.3 Å². The number of nitrogens with one attached hydrogen (secondary N) is 1. The molecule has 168 valence electrons. The normalized spacial score (nSPS) is 22.4. The van der Waals surface area contributed by atoms with Gasteiger partial charge in [0, 0.05) is 43.2 Å². The molecule has 2 aromatic heterocycles. The van der Waals surface area contributed by atoms with E-state index < -0.39 is 5.92 Å². The number of para-hydroxylation sites is 1. The minimum atomic E-state index is -2.58. The Hall–Kier alpha value is -2.74. The number of carbonyl (C=O) groups excluding carboxylic acids is 1. The number of hydrogen-bond donors (Lipinski definition) is 1. The fraction of sp³-hybridized carbons (Fsp3) is 0.417. The van der Waals surface area contributed by atoms with Crippen molar-refractivity contribution in [1.82, 2.24) is 9.55 Å². The van der Waals surface area contributed by atoms with Crippen molar-refractivity contribution in [1.29, 1.82) is 0 Å². The van der Waals surface area contributed by atoms with Crippen molar-refractivity contribution < 1.29 is 13.6 Å². The summed E-state index contributed by atoms with van der Waals surface area (Å²) in [4.78, 5) is 20.0. The number of hydrogen-bond acceptors (Lipinski definition) is 4. The standard InChI is InChI=1S/C24H26F2N4OS/c25-24(26)11-10-17(14-24)15-29-12-4-9-21(29)22(31)28-23-27-19(16-32-23)20-8-5-13-30(20)18-6-2-1-3-7-18/h1-4,6-7,9,12,16-17,20H,5,8,10-11,13-15H2,(H,27,28,31). The quantitative estimate of drug-likeness (QED) is 0.497. The molecule has 32 heavy (non-hydrogen) atoms. The van der Waals surface area contributed by atoms with Crippen molar-refractivity contribution in [3.8, 4) is 0 Å². The fourth-order valence-electron chi connectivity index (χ4n) is 4.92. The number of benzene rings is 1. The maximum absolute atomic E-state index is 13.5. The van der Waals surface area contributed by atoms with Crippen LogP contribution in [-0.2, 0) is 6.54 Å². The summed E-state index contributed by atoms with van der Waals surface area (Å²) in [6.45, 7) is 1.42. The van der Waals surface area contributed by atoms with Gasteiger partial charge in [0.15, 0.2) is 5.13 Å². The topological polar surface area (TPSA) is 50.2 Å². The first-order chi connectivity index (χ1) is 15.5. The summed E-state index contributed by atoms with van der Waals surface area (Å²) < 4.78 is 28.9. The van der Waals surface area contributed by atoms with Gasteiger partial charge in [-0.25, -0.2) is 13.8 Å². The monoisotopic (exact) mass is 456 g/mol. The third-order valence-electron chi connectivity index (χ3n) is 6.45. The Labute approximate surface area is 190 Å². The van der Waals surface area contributed by atoms with Crippen LogP contribution in [0.15, 0.2) is 54.0 Å². The zero-order valence-corrected chi connectivity index (χ0v) is 18.5. The lowest BCUT2D eigenvalue weighted by atomic mass is 10.1. The lowest BCUT2D eigenvalue weighted by molar-refractivity contribution is 0.00436. The van der Waals surface area contributed by atoms with Gasteiger partial charge in [0.2, 0.25) is 5.92 Å². The second-order valence-corrected chi connectivity index (χ2v) is 9.59. The summed E-state index contributed by atoms with van der Waals surface area (Å²) in [6, 6.07) is 14.0. The first kappa shape index (κ1) is 21.1. The van der Waals surface area contributed by atoms with E-state index in [1.165, 1.54) is 17.0 Å². The van der Waals surface area contributed by atoms with Crippen LogP contribution in [0.25, 0.3) is 0 Å². The van der Waals surface area contributed by atoms with E-state index in [4.69, 9.17) is 4.98 Å². The van der Waals surface area contributed by atoms with Crippen molar-refractivity contribution in [3.63, 3.8) is 0 Å². The van der Waals surface area contributed by atoms with Crippen LogP contribution in [0.4, 0.5) is 19.6 Å². The van der Waals surface area contributed by atoms with E-state index in [0.717, 1.165) is 25.1 Å². The smallest absolute Gasteiger partial charge is 0.274 e. The van der Waals surface area contributed by atoms with Gasteiger partial charge in [-0.15, -0.1) is 11.3 Å². The first-order valence-corrected chi connectivity index (χ1v) is 12.0. The number of rotatable bonds is 6. The summed E-state index contributed by atoms with van der Waals surface area (Å²) in [7, 11) is 0. The summed E-state index contributed by atoms with van der Waals surface area (Å²) in [6.07, 6.45) is 4.23. The molecular weight excluding hydrogens is 430 g/mol. The molecule has 0 radical (unpaired) electrons. The van der Waals surface area contributed by atoms with Gasteiger partial charge in [-0.3, -0.25) is 10.1 Å². The number of thiazole rings is 1. The van der Waals surface area contributed by atoms with Crippen molar-refractivity contribution in [2.24, 2.45) is 5.92 Å². The number of nitrogens with zero attached hydrogens (tertiary/aromatic N) is 3. The number of anilines is 2. The molecule has 5 nitrogen and oxygen atoms in total. The van der Waals surface area contributed by atoms with Gasteiger partial charge in [-0.05, 0) is 49.4 Å². The van der Waals surface area contributed by atoms with Gasteiger partial charge >= 0.3 is 0 Å². The van der Waals surface area contributed by atoms with Crippen LogP contribution in [0.5, 0.6) is 0 Å². The third-order valence-corrected chi connectivity index (χ3v) is 7.22. The molecular formula is C24H26F2N4OS.